The number of ether oxygens (including phenoxy) is 1. The van der Waals surface area contributed by atoms with Crippen molar-refractivity contribution in [2.24, 2.45) is 5.14 Å². The van der Waals surface area contributed by atoms with Crippen LogP contribution in [0.3, 0.4) is 0 Å². The fourth-order valence-corrected chi connectivity index (χ4v) is 5.19. The molecule has 2 atom stereocenters. The minimum Gasteiger partial charge on any atom is -0.488 e. The van der Waals surface area contributed by atoms with E-state index in [4.69, 9.17) is 9.88 Å². The highest BCUT2D eigenvalue weighted by atomic mass is 32.2. The average Bonchev–Trinajstić information content (AvgIpc) is 2.95. The molecule has 2 aliphatic rings. The second-order valence-electron chi connectivity index (χ2n) is 8.34. The Balaban J connectivity index is 1.38. The van der Waals surface area contributed by atoms with E-state index in [0.717, 1.165) is 29.5 Å². The van der Waals surface area contributed by atoms with E-state index in [9.17, 15) is 8.42 Å². The van der Waals surface area contributed by atoms with E-state index < -0.39 is 10.0 Å². The van der Waals surface area contributed by atoms with E-state index >= 15 is 0 Å². The number of anilines is 2. The number of fused-ring (bicyclic) bond motifs is 3. The predicted molar refractivity (Wildman–Crippen MR) is 119 cm³/mol. The maximum absolute atomic E-state index is 11.4. The Bertz CT molecular complexity index is 1200. The lowest BCUT2D eigenvalue weighted by Gasteiger charge is -2.36. The Kier molecular flexibility index (Phi) is 5.04. The Labute approximate surface area is 181 Å². The smallest absolute Gasteiger partial charge is 0.238 e. The number of nitrogens with zero attached hydrogens (tertiary/aromatic N) is 3. The van der Waals surface area contributed by atoms with Gasteiger partial charge in [-0.1, -0.05) is 12.1 Å². The molecule has 2 fully saturated rings. The number of rotatable bonds is 5. The first kappa shape index (κ1) is 20.2. The van der Waals surface area contributed by atoms with Gasteiger partial charge >= 0.3 is 0 Å². The molecule has 8 nitrogen and oxygen atoms in total. The van der Waals surface area contributed by atoms with Crippen molar-refractivity contribution in [3.05, 3.63) is 48.7 Å². The van der Waals surface area contributed by atoms with Crippen LogP contribution in [0.2, 0.25) is 0 Å². The van der Waals surface area contributed by atoms with Crippen molar-refractivity contribution in [3.8, 4) is 5.75 Å². The lowest BCUT2D eigenvalue weighted by Crippen LogP contribution is -2.43. The van der Waals surface area contributed by atoms with Crippen LogP contribution in [-0.2, 0) is 10.0 Å². The number of hydrogen-bond acceptors (Lipinski definition) is 7. The summed E-state index contributed by atoms with van der Waals surface area (Å²) < 4.78 is 29.3. The SMILES string of the molecule is CN1C2CCC1CC(Oc1cccc3cnc(Nc4ccc(S(N)(=O)=O)cc4)nc13)C2. The van der Waals surface area contributed by atoms with Gasteiger partial charge in [0.2, 0.25) is 16.0 Å². The zero-order chi connectivity index (χ0) is 21.6. The maximum atomic E-state index is 11.4. The Hall–Kier alpha value is -2.75. The summed E-state index contributed by atoms with van der Waals surface area (Å²) in [4.78, 5) is 11.6. The third kappa shape index (κ3) is 4.08. The van der Waals surface area contributed by atoms with Crippen LogP contribution in [-0.4, -0.2) is 48.5 Å². The molecule has 0 aliphatic carbocycles. The van der Waals surface area contributed by atoms with Crippen molar-refractivity contribution >= 4 is 32.6 Å². The number of nitrogens with two attached hydrogens (primary N) is 1. The van der Waals surface area contributed by atoms with Gasteiger partial charge in [0.1, 0.15) is 17.4 Å². The molecular formula is C22H25N5O3S. The molecule has 5 rings (SSSR count). The molecule has 0 amide bonds. The zero-order valence-corrected chi connectivity index (χ0v) is 18.0. The van der Waals surface area contributed by atoms with Gasteiger partial charge in [-0.05, 0) is 63.1 Å². The molecule has 31 heavy (non-hydrogen) atoms. The highest BCUT2D eigenvalue weighted by molar-refractivity contribution is 7.89. The number of para-hydroxylation sites is 1. The molecule has 1 aromatic heterocycles. The van der Waals surface area contributed by atoms with Crippen LogP contribution in [0, 0.1) is 0 Å². The first-order valence-corrected chi connectivity index (χ1v) is 12.0. The maximum Gasteiger partial charge on any atom is 0.238 e. The molecule has 9 heteroatoms. The number of benzene rings is 2. The second-order valence-corrected chi connectivity index (χ2v) is 9.91. The van der Waals surface area contributed by atoms with Gasteiger partial charge in [0.15, 0.2) is 0 Å². The summed E-state index contributed by atoms with van der Waals surface area (Å²) in [5.74, 6) is 1.18. The van der Waals surface area contributed by atoms with E-state index in [-0.39, 0.29) is 11.0 Å². The summed E-state index contributed by atoms with van der Waals surface area (Å²) in [5, 5.41) is 9.18. The standard InChI is InChI=1S/C22H25N5O3S/c1-27-16-7-8-17(27)12-18(11-16)30-20-4-2-3-14-13-24-22(26-21(14)20)25-15-5-9-19(10-6-15)31(23,28)29/h2-6,9-10,13,16-18H,7-8,11-12H2,1H3,(H2,23,28,29)(H,24,25,26). The van der Waals surface area contributed by atoms with E-state index in [0.29, 0.717) is 23.7 Å². The third-order valence-corrected chi connectivity index (χ3v) is 7.29. The molecule has 2 bridgehead atoms. The Morgan fingerprint density at radius 1 is 1.10 bits per heavy atom. The molecule has 0 spiro atoms. The molecule has 2 aromatic carbocycles. The van der Waals surface area contributed by atoms with Crippen LogP contribution in [0.1, 0.15) is 25.7 Å². The van der Waals surface area contributed by atoms with Gasteiger partial charge < -0.3 is 15.0 Å². The number of aromatic nitrogens is 2. The first-order chi connectivity index (χ1) is 14.9. The van der Waals surface area contributed by atoms with E-state index in [1.54, 1.807) is 18.3 Å². The summed E-state index contributed by atoms with van der Waals surface area (Å²) in [6.45, 7) is 0. The number of hydrogen-bond donors (Lipinski definition) is 2. The molecule has 0 radical (unpaired) electrons. The van der Waals surface area contributed by atoms with Gasteiger partial charge in [0.05, 0.1) is 4.90 Å². The van der Waals surface area contributed by atoms with E-state index in [1.807, 2.05) is 18.2 Å². The third-order valence-electron chi connectivity index (χ3n) is 6.36. The van der Waals surface area contributed by atoms with Gasteiger partial charge in [-0.3, -0.25) is 0 Å². The summed E-state index contributed by atoms with van der Waals surface area (Å²) in [6.07, 6.45) is 6.52. The minimum atomic E-state index is -3.73. The quantitative estimate of drug-likeness (QED) is 0.629. The summed E-state index contributed by atoms with van der Waals surface area (Å²) in [7, 11) is -1.51. The monoisotopic (exact) mass is 439 g/mol. The Morgan fingerprint density at radius 2 is 1.81 bits per heavy atom. The van der Waals surface area contributed by atoms with Gasteiger partial charge in [-0.15, -0.1) is 0 Å². The number of nitrogens with one attached hydrogen (secondary N) is 1. The van der Waals surface area contributed by atoms with Crippen molar-refractivity contribution in [3.63, 3.8) is 0 Å². The highest BCUT2D eigenvalue weighted by Crippen LogP contribution is 2.37. The van der Waals surface area contributed by atoms with Gasteiger partial charge in [-0.2, -0.15) is 0 Å². The molecule has 2 unspecified atom stereocenters. The normalized spacial score (nSPS) is 23.7. The first-order valence-electron chi connectivity index (χ1n) is 10.4. The lowest BCUT2D eigenvalue weighted by molar-refractivity contribution is 0.0670. The molecule has 162 valence electrons. The molecular weight excluding hydrogens is 414 g/mol. The van der Waals surface area contributed by atoms with Gasteiger partial charge in [-0.25, -0.2) is 23.5 Å². The second kappa shape index (κ2) is 7.74. The summed E-state index contributed by atoms with van der Waals surface area (Å²) >= 11 is 0. The van der Waals surface area contributed by atoms with Crippen LogP contribution >= 0.6 is 0 Å². The minimum absolute atomic E-state index is 0.0558. The van der Waals surface area contributed by atoms with Crippen molar-refractivity contribution in [1.29, 1.82) is 0 Å². The predicted octanol–water partition coefficient (Wildman–Crippen LogP) is 3.02. The van der Waals surface area contributed by atoms with Gasteiger partial charge in [0, 0.05) is 29.4 Å². The largest absolute Gasteiger partial charge is 0.488 e. The molecule has 2 saturated heterocycles. The molecule has 2 aliphatic heterocycles. The number of sulfonamides is 1. The molecule has 0 saturated carbocycles. The topological polar surface area (TPSA) is 110 Å². The van der Waals surface area contributed by atoms with Crippen molar-refractivity contribution in [1.82, 2.24) is 14.9 Å². The average molecular weight is 440 g/mol. The van der Waals surface area contributed by atoms with Crippen LogP contribution in [0.4, 0.5) is 11.6 Å². The summed E-state index contributed by atoms with van der Waals surface area (Å²) in [6, 6.07) is 13.2. The van der Waals surface area contributed by atoms with Crippen LogP contribution < -0.4 is 15.2 Å². The van der Waals surface area contributed by atoms with Crippen molar-refractivity contribution in [2.45, 2.75) is 48.8 Å². The molecule has 3 aromatic rings. The number of piperidine rings is 1. The van der Waals surface area contributed by atoms with Crippen LogP contribution in [0.15, 0.2) is 53.6 Å². The van der Waals surface area contributed by atoms with Crippen molar-refractivity contribution in [2.75, 3.05) is 12.4 Å². The Morgan fingerprint density at radius 3 is 2.48 bits per heavy atom. The van der Waals surface area contributed by atoms with Crippen LogP contribution in [0.25, 0.3) is 10.9 Å². The van der Waals surface area contributed by atoms with Gasteiger partial charge in [0.25, 0.3) is 0 Å². The zero-order valence-electron chi connectivity index (χ0n) is 17.2. The lowest BCUT2D eigenvalue weighted by atomic mass is 10.0. The molecule has 3 N–H and O–H groups in total. The summed E-state index contributed by atoms with van der Waals surface area (Å²) in [5.41, 5.74) is 1.42. The van der Waals surface area contributed by atoms with E-state index in [1.165, 1.54) is 25.0 Å². The fraction of sp³-hybridized carbons (Fsp3) is 0.364. The number of primary sulfonamides is 1. The highest BCUT2D eigenvalue weighted by Gasteiger charge is 2.39. The fourth-order valence-electron chi connectivity index (χ4n) is 4.68. The van der Waals surface area contributed by atoms with Crippen LogP contribution in [0.5, 0.6) is 5.75 Å². The van der Waals surface area contributed by atoms with Crippen molar-refractivity contribution < 1.29 is 13.2 Å². The molecule has 3 heterocycles. The van der Waals surface area contributed by atoms with E-state index in [2.05, 4.69) is 27.2 Å².